The van der Waals surface area contributed by atoms with Crippen LogP contribution < -0.4 is 20.7 Å². The summed E-state index contributed by atoms with van der Waals surface area (Å²) in [6.45, 7) is 23.3. The van der Waals surface area contributed by atoms with E-state index in [1.165, 1.54) is 20.7 Å². The zero-order chi connectivity index (χ0) is 38.9. The molecule has 0 bridgehead atoms. The van der Waals surface area contributed by atoms with Crippen molar-refractivity contribution in [3.05, 3.63) is 121 Å². The van der Waals surface area contributed by atoms with Crippen molar-refractivity contribution in [3.8, 4) is 0 Å². The SMILES string of the molecule is C[C@H](C[C@H](C)C[C@@H](O)[C@H](C)CO[Si](c1ccccc1)(c1ccccc1)C(C)(C)C)C[C@H](C)[C@@H](O)CO[Si](c1ccccc1)(c1ccccc1)C(C)(C)C. The molecule has 4 aromatic rings. The van der Waals surface area contributed by atoms with Crippen molar-refractivity contribution in [1.29, 1.82) is 0 Å². The second-order valence-corrected chi connectivity index (χ2v) is 26.6. The molecule has 0 aromatic heterocycles. The first-order valence-corrected chi connectivity index (χ1v) is 23.7. The Morgan fingerprint density at radius 3 is 1.09 bits per heavy atom. The average molecular weight is 753 g/mol. The molecule has 0 aliphatic heterocycles. The average Bonchev–Trinajstić information content (AvgIpc) is 3.12. The van der Waals surface area contributed by atoms with Crippen LogP contribution in [0.3, 0.4) is 0 Å². The monoisotopic (exact) mass is 752 g/mol. The second-order valence-electron chi connectivity index (χ2n) is 18.0. The van der Waals surface area contributed by atoms with E-state index in [0.717, 1.165) is 19.3 Å². The summed E-state index contributed by atoms with van der Waals surface area (Å²) in [6.07, 6.45) is 1.59. The molecule has 0 amide bonds. The molecule has 0 fully saturated rings. The minimum atomic E-state index is -2.72. The van der Waals surface area contributed by atoms with Crippen LogP contribution >= 0.6 is 0 Å². The van der Waals surface area contributed by atoms with E-state index in [1.54, 1.807) is 0 Å². The van der Waals surface area contributed by atoms with Crippen molar-refractivity contribution in [2.24, 2.45) is 23.7 Å². The van der Waals surface area contributed by atoms with Crippen molar-refractivity contribution in [2.75, 3.05) is 13.2 Å². The summed E-state index contributed by atoms with van der Waals surface area (Å²) >= 11 is 0. The van der Waals surface area contributed by atoms with E-state index in [0.29, 0.717) is 25.0 Å². The fraction of sp³-hybridized carbons (Fsp3) is 0.489. The van der Waals surface area contributed by atoms with Crippen LogP contribution in [-0.4, -0.2) is 52.3 Å². The summed E-state index contributed by atoms with van der Waals surface area (Å²) < 4.78 is 14.2. The first-order chi connectivity index (χ1) is 25.0. The van der Waals surface area contributed by atoms with Gasteiger partial charge in [0.25, 0.3) is 16.6 Å². The summed E-state index contributed by atoms with van der Waals surface area (Å²) in [6, 6.07) is 42.7. The summed E-state index contributed by atoms with van der Waals surface area (Å²) in [5.41, 5.74) is 0. The molecule has 53 heavy (non-hydrogen) atoms. The molecule has 0 saturated heterocycles. The van der Waals surface area contributed by atoms with Gasteiger partial charge in [-0.05, 0) is 67.8 Å². The predicted octanol–water partition coefficient (Wildman–Crippen LogP) is 8.58. The lowest BCUT2D eigenvalue weighted by atomic mass is 9.84. The maximum absolute atomic E-state index is 11.5. The van der Waals surface area contributed by atoms with E-state index in [2.05, 4.69) is 191 Å². The molecule has 0 saturated carbocycles. The van der Waals surface area contributed by atoms with Crippen LogP contribution in [0.4, 0.5) is 0 Å². The predicted molar refractivity (Wildman–Crippen MR) is 230 cm³/mol. The van der Waals surface area contributed by atoms with Gasteiger partial charge >= 0.3 is 0 Å². The van der Waals surface area contributed by atoms with E-state index < -0.39 is 28.8 Å². The molecule has 288 valence electrons. The Morgan fingerprint density at radius 1 is 0.434 bits per heavy atom. The van der Waals surface area contributed by atoms with Gasteiger partial charge in [0, 0.05) is 12.5 Å². The summed E-state index contributed by atoms with van der Waals surface area (Å²) in [7, 11) is -5.38. The van der Waals surface area contributed by atoms with Gasteiger partial charge in [0.05, 0.1) is 18.8 Å². The number of rotatable bonds is 18. The quantitative estimate of drug-likeness (QED) is 0.100. The number of aliphatic hydroxyl groups excluding tert-OH is 2. The van der Waals surface area contributed by atoms with Crippen LogP contribution in [0.2, 0.25) is 10.1 Å². The maximum Gasteiger partial charge on any atom is 0.261 e. The number of hydrogen-bond donors (Lipinski definition) is 2. The van der Waals surface area contributed by atoms with E-state index in [-0.39, 0.29) is 21.9 Å². The van der Waals surface area contributed by atoms with Crippen LogP contribution in [0.1, 0.15) is 88.5 Å². The molecule has 0 spiro atoms. The highest BCUT2D eigenvalue weighted by Gasteiger charge is 2.51. The van der Waals surface area contributed by atoms with Crippen molar-refractivity contribution in [3.63, 3.8) is 0 Å². The van der Waals surface area contributed by atoms with Crippen LogP contribution in [0.25, 0.3) is 0 Å². The molecule has 4 nitrogen and oxygen atoms in total. The molecule has 0 heterocycles. The Labute approximate surface area is 324 Å². The highest BCUT2D eigenvalue weighted by molar-refractivity contribution is 7.00. The Morgan fingerprint density at radius 2 is 0.755 bits per heavy atom. The first-order valence-electron chi connectivity index (χ1n) is 19.9. The van der Waals surface area contributed by atoms with Gasteiger partial charge in [-0.25, -0.2) is 0 Å². The lowest BCUT2D eigenvalue weighted by Crippen LogP contribution is -2.67. The molecule has 2 N–H and O–H groups in total. The topological polar surface area (TPSA) is 58.9 Å². The third kappa shape index (κ3) is 10.3. The van der Waals surface area contributed by atoms with Crippen molar-refractivity contribution in [2.45, 2.75) is 111 Å². The van der Waals surface area contributed by atoms with Gasteiger partial charge in [0.2, 0.25) is 0 Å². The van der Waals surface area contributed by atoms with E-state index in [4.69, 9.17) is 8.85 Å². The Balaban J connectivity index is 1.36. The van der Waals surface area contributed by atoms with Gasteiger partial charge in [0.1, 0.15) is 0 Å². The van der Waals surface area contributed by atoms with Crippen molar-refractivity contribution in [1.82, 2.24) is 0 Å². The highest BCUT2D eigenvalue weighted by atomic mass is 28.4. The van der Waals surface area contributed by atoms with E-state index in [1.807, 2.05) is 0 Å². The largest absolute Gasteiger partial charge is 0.407 e. The molecule has 6 atom stereocenters. The highest BCUT2D eigenvalue weighted by Crippen LogP contribution is 2.39. The fourth-order valence-electron chi connectivity index (χ4n) is 8.58. The van der Waals surface area contributed by atoms with Crippen LogP contribution in [0.15, 0.2) is 121 Å². The van der Waals surface area contributed by atoms with Gasteiger partial charge in [-0.3, -0.25) is 0 Å². The zero-order valence-corrected chi connectivity index (χ0v) is 36.3. The van der Waals surface area contributed by atoms with Gasteiger partial charge < -0.3 is 19.1 Å². The molecule has 0 aliphatic carbocycles. The molecule has 6 heteroatoms. The summed E-state index contributed by atoms with van der Waals surface area (Å²) in [5.74, 6) is 0.819. The molecular weight excluding hydrogens is 685 g/mol. The molecule has 0 radical (unpaired) electrons. The number of aliphatic hydroxyl groups is 2. The Bertz CT molecular complexity index is 1420. The Kier molecular flexibility index (Phi) is 15.1. The van der Waals surface area contributed by atoms with Gasteiger partial charge in [-0.15, -0.1) is 0 Å². The lowest BCUT2D eigenvalue weighted by Gasteiger charge is -2.44. The molecular formula is C47H68O4Si2. The second kappa shape index (κ2) is 18.7. The van der Waals surface area contributed by atoms with Gasteiger partial charge in [-0.2, -0.15) is 0 Å². The summed E-state index contributed by atoms with van der Waals surface area (Å²) in [5, 5.41) is 27.8. The third-order valence-electron chi connectivity index (χ3n) is 11.4. The standard InChI is InChI=1S/C47H68O4Si2/c1-36(32-38(3)45(49)35-51-53(47(8,9)10,42-27-19-13-20-28-42)43-29-21-14-22-30-43)31-37(2)33-44(48)39(4)34-50-52(46(5,6)7,40-23-15-11-16-24-40)41-25-17-12-18-26-41/h11-30,36-39,44-45,48-49H,31-35H2,1-10H3/t36-,37+,38+,39-,44-,45+/m1/s1. The molecule has 0 unspecified atom stereocenters. The van der Waals surface area contributed by atoms with Crippen molar-refractivity contribution >= 4 is 37.4 Å². The molecule has 4 rings (SSSR count). The Hall–Kier alpha value is -2.85. The van der Waals surface area contributed by atoms with Crippen LogP contribution in [-0.2, 0) is 8.85 Å². The fourth-order valence-corrected chi connectivity index (χ4v) is 17.8. The maximum atomic E-state index is 11.5. The van der Waals surface area contributed by atoms with E-state index in [9.17, 15) is 10.2 Å². The zero-order valence-electron chi connectivity index (χ0n) is 34.3. The van der Waals surface area contributed by atoms with Gasteiger partial charge in [-0.1, -0.05) is 191 Å². The summed E-state index contributed by atoms with van der Waals surface area (Å²) in [4.78, 5) is 0. The van der Waals surface area contributed by atoms with Crippen LogP contribution in [0, 0.1) is 23.7 Å². The smallest absolute Gasteiger partial charge is 0.261 e. The van der Waals surface area contributed by atoms with E-state index >= 15 is 0 Å². The van der Waals surface area contributed by atoms with Crippen molar-refractivity contribution < 1.29 is 19.1 Å². The van der Waals surface area contributed by atoms with Gasteiger partial charge in [0.15, 0.2) is 0 Å². The number of benzene rings is 4. The third-order valence-corrected chi connectivity index (χ3v) is 21.4. The lowest BCUT2D eigenvalue weighted by molar-refractivity contribution is 0.0451. The number of hydrogen-bond acceptors (Lipinski definition) is 4. The minimum absolute atomic E-state index is 0.00576. The van der Waals surface area contributed by atoms with Crippen LogP contribution in [0.5, 0.6) is 0 Å². The molecule has 0 aliphatic rings. The normalized spacial score (nSPS) is 16.4. The minimum Gasteiger partial charge on any atom is -0.407 e. The first kappa shape index (κ1) is 42.9. The molecule has 4 aromatic carbocycles.